The normalized spacial score (nSPS) is 23.0. The van der Waals surface area contributed by atoms with Crippen LogP contribution in [0.3, 0.4) is 0 Å². The Hall–Kier alpha value is -0.833. The van der Waals surface area contributed by atoms with E-state index in [0.717, 1.165) is 0 Å². The van der Waals surface area contributed by atoms with Gasteiger partial charge in [0.15, 0.2) is 8.32 Å². The first kappa shape index (κ1) is 17.5. The molecule has 22 heavy (non-hydrogen) atoms. The van der Waals surface area contributed by atoms with Gasteiger partial charge in [0, 0.05) is 18.0 Å². The molecule has 1 saturated heterocycles. The highest BCUT2D eigenvalue weighted by molar-refractivity contribution is 8.00. The van der Waals surface area contributed by atoms with Gasteiger partial charge in [0.05, 0.1) is 6.61 Å². The lowest BCUT2D eigenvalue weighted by Crippen LogP contribution is -2.42. The molecule has 0 saturated carbocycles. The van der Waals surface area contributed by atoms with Crippen LogP contribution in [-0.4, -0.2) is 35.7 Å². The standard InChI is InChI=1S/C14H24N2O4SSi/c1-14(2,3)22(4,5)19-8-12-20-11(9-21-12)16-7-6-10(17)15-13(16)18/h6-7,11-12H,8-9H2,1-5H3,(H,15,17,18)/t11-,12-/m0/s1. The molecule has 2 heterocycles. The van der Waals surface area contributed by atoms with Gasteiger partial charge in [-0.3, -0.25) is 14.3 Å². The van der Waals surface area contributed by atoms with Crippen molar-refractivity contribution in [3.63, 3.8) is 0 Å². The minimum absolute atomic E-state index is 0.0852. The molecule has 0 aromatic carbocycles. The molecule has 0 amide bonds. The van der Waals surface area contributed by atoms with Gasteiger partial charge in [-0.05, 0) is 18.1 Å². The van der Waals surface area contributed by atoms with Gasteiger partial charge in [-0.25, -0.2) is 4.79 Å². The van der Waals surface area contributed by atoms with E-state index in [-0.39, 0.29) is 16.7 Å². The highest BCUT2D eigenvalue weighted by atomic mass is 32.2. The number of aromatic nitrogens is 2. The van der Waals surface area contributed by atoms with E-state index in [2.05, 4.69) is 38.8 Å². The molecule has 1 fully saturated rings. The van der Waals surface area contributed by atoms with Crippen molar-refractivity contribution in [2.24, 2.45) is 0 Å². The van der Waals surface area contributed by atoms with Crippen LogP contribution in [0.1, 0.15) is 27.0 Å². The van der Waals surface area contributed by atoms with Crippen molar-refractivity contribution in [1.29, 1.82) is 0 Å². The summed E-state index contributed by atoms with van der Waals surface area (Å²) in [7, 11) is -1.80. The molecule has 0 spiro atoms. The summed E-state index contributed by atoms with van der Waals surface area (Å²) >= 11 is 1.63. The smallest absolute Gasteiger partial charge is 0.330 e. The number of H-pyrrole nitrogens is 1. The molecule has 1 N–H and O–H groups in total. The fraction of sp³-hybridized carbons (Fsp3) is 0.714. The maximum Gasteiger partial charge on any atom is 0.330 e. The van der Waals surface area contributed by atoms with E-state index in [1.807, 2.05) is 0 Å². The van der Waals surface area contributed by atoms with Crippen molar-refractivity contribution in [3.05, 3.63) is 33.1 Å². The zero-order chi connectivity index (χ0) is 16.5. The van der Waals surface area contributed by atoms with Gasteiger partial charge >= 0.3 is 5.69 Å². The number of rotatable bonds is 4. The number of thioether (sulfide) groups is 1. The quantitative estimate of drug-likeness (QED) is 0.847. The number of ether oxygens (including phenoxy) is 1. The Balaban J connectivity index is 1.96. The molecule has 2 atom stereocenters. The SMILES string of the molecule is CC(C)(C)[Si](C)(C)OC[C@H]1O[C@H](n2ccc(=O)[nH]c2=O)CS1. The molecule has 0 bridgehead atoms. The van der Waals surface area contributed by atoms with Crippen molar-refractivity contribution in [1.82, 2.24) is 9.55 Å². The van der Waals surface area contributed by atoms with Crippen LogP contribution in [-0.2, 0) is 9.16 Å². The van der Waals surface area contributed by atoms with E-state index < -0.39 is 19.6 Å². The predicted octanol–water partition coefficient (Wildman–Crippen LogP) is 2.15. The number of aromatic amines is 1. The lowest BCUT2D eigenvalue weighted by molar-refractivity contribution is -0.00421. The van der Waals surface area contributed by atoms with Gasteiger partial charge < -0.3 is 9.16 Å². The highest BCUT2D eigenvalue weighted by Crippen LogP contribution is 2.38. The Morgan fingerprint density at radius 3 is 2.73 bits per heavy atom. The molecule has 8 heteroatoms. The molecule has 124 valence electrons. The second-order valence-electron chi connectivity index (χ2n) is 6.94. The third-order valence-electron chi connectivity index (χ3n) is 4.28. The van der Waals surface area contributed by atoms with Crippen LogP contribution < -0.4 is 11.2 Å². The molecule has 1 aromatic heterocycles. The van der Waals surface area contributed by atoms with Crippen LogP contribution in [0.15, 0.2) is 21.9 Å². The summed E-state index contributed by atoms with van der Waals surface area (Å²) in [5.41, 5.74) is -0.924. The molecular weight excluding hydrogens is 320 g/mol. The fourth-order valence-corrected chi connectivity index (χ4v) is 3.94. The maximum atomic E-state index is 11.8. The van der Waals surface area contributed by atoms with Crippen LogP contribution in [0, 0.1) is 0 Å². The molecule has 0 unspecified atom stereocenters. The van der Waals surface area contributed by atoms with Crippen LogP contribution in [0.25, 0.3) is 0 Å². The number of nitrogens with one attached hydrogen (secondary N) is 1. The summed E-state index contributed by atoms with van der Waals surface area (Å²) in [4.78, 5) is 25.1. The zero-order valence-corrected chi connectivity index (χ0v) is 15.5. The van der Waals surface area contributed by atoms with Crippen molar-refractivity contribution < 1.29 is 9.16 Å². The lowest BCUT2D eigenvalue weighted by atomic mass is 10.2. The Morgan fingerprint density at radius 1 is 1.45 bits per heavy atom. The predicted molar refractivity (Wildman–Crippen MR) is 90.8 cm³/mol. The van der Waals surface area contributed by atoms with Crippen LogP contribution in [0.4, 0.5) is 0 Å². The van der Waals surface area contributed by atoms with Crippen molar-refractivity contribution in [3.8, 4) is 0 Å². The van der Waals surface area contributed by atoms with Crippen molar-refractivity contribution in [2.45, 2.75) is 50.6 Å². The fourth-order valence-electron chi connectivity index (χ4n) is 1.82. The van der Waals surface area contributed by atoms with Gasteiger partial charge in [0.1, 0.15) is 11.7 Å². The van der Waals surface area contributed by atoms with Crippen LogP contribution >= 0.6 is 11.8 Å². The largest absolute Gasteiger partial charge is 0.413 e. The van der Waals surface area contributed by atoms with E-state index in [4.69, 9.17) is 9.16 Å². The molecule has 1 aliphatic heterocycles. The topological polar surface area (TPSA) is 73.3 Å². The number of hydrogen-bond donors (Lipinski definition) is 1. The number of nitrogens with zero attached hydrogens (tertiary/aromatic N) is 1. The Bertz CT molecular complexity index is 635. The summed E-state index contributed by atoms with van der Waals surface area (Å²) in [5, 5.41) is 0.158. The number of hydrogen-bond acceptors (Lipinski definition) is 5. The maximum absolute atomic E-state index is 11.8. The molecule has 1 aliphatic rings. The summed E-state index contributed by atoms with van der Waals surface area (Å²) in [6, 6.07) is 1.33. The third kappa shape index (κ3) is 3.92. The van der Waals surface area contributed by atoms with Crippen molar-refractivity contribution in [2.75, 3.05) is 12.4 Å². The second kappa shape index (κ2) is 6.35. The van der Waals surface area contributed by atoms with Gasteiger partial charge in [-0.2, -0.15) is 0 Å². The first-order chi connectivity index (χ1) is 10.1. The lowest BCUT2D eigenvalue weighted by Gasteiger charge is -2.36. The Labute approximate surface area is 135 Å². The van der Waals surface area contributed by atoms with Crippen LogP contribution in [0.5, 0.6) is 0 Å². The molecular formula is C14H24N2O4SSi. The molecule has 1 aromatic rings. The first-order valence-corrected chi connectivity index (χ1v) is 11.3. The molecule has 0 radical (unpaired) electrons. The van der Waals surface area contributed by atoms with E-state index in [9.17, 15) is 9.59 Å². The Morgan fingerprint density at radius 2 is 2.14 bits per heavy atom. The monoisotopic (exact) mass is 344 g/mol. The minimum Gasteiger partial charge on any atom is -0.413 e. The molecule has 0 aliphatic carbocycles. The third-order valence-corrected chi connectivity index (χ3v) is 9.88. The molecule has 2 rings (SSSR count). The van der Waals surface area contributed by atoms with E-state index >= 15 is 0 Å². The average molecular weight is 345 g/mol. The summed E-state index contributed by atoms with van der Waals surface area (Å²) in [5.74, 6) is 0.664. The van der Waals surface area contributed by atoms with E-state index in [1.54, 1.807) is 11.8 Å². The first-order valence-electron chi connectivity index (χ1n) is 7.33. The van der Waals surface area contributed by atoms with Gasteiger partial charge in [-0.15, -0.1) is 11.8 Å². The van der Waals surface area contributed by atoms with E-state index in [0.29, 0.717) is 12.4 Å². The molecule has 6 nitrogen and oxygen atoms in total. The Kier molecular flexibility index (Phi) is 5.05. The minimum atomic E-state index is -1.80. The second-order valence-corrected chi connectivity index (χ2v) is 12.9. The van der Waals surface area contributed by atoms with Gasteiger partial charge in [-0.1, -0.05) is 20.8 Å². The summed E-state index contributed by atoms with van der Waals surface area (Å²) in [6.45, 7) is 11.5. The van der Waals surface area contributed by atoms with Gasteiger partial charge in [0.2, 0.25) is 0 Å². The van der Waals surface area contributed by atoms with E-state index in [1.165, 1.54) is 16.8 Å². The summed E-state index contributed by atoms with van der Waals surface area (Å²) < 4.78 is 13.5. The van der Waals surface area contributed by atoms with Crippen molar-refractivity contribution >= 4 is 20.1 Å². The van der Waals surface area contributed by atoms with Gasteiger partial charge in [0.25, 0.3) is 5.56 Å². The van der Waals surface area contributed by atoms with Crippen LogP contribution in [0.2, 0.25) is 18.1 Å². The average Bonchev–Trinajstić information content (AvgIpc) is 2.83. The highest BCUT2D eigenvalue weighted by Gasteiger charge is 2.38. The summed E-state index contributed by atoms with van der Waals surface area (Å²) in [6.07, 6.45) is 1.12. The zero-order valence-electron chi connectivity index (χ0n) is 13.7.